The predicted molar refractivity (Wildman–Crippen MR) is 74.8 cm³/mol. The Bertz CT molecular complexity index is 452. The molecule has 1 fully saturated rings. The van der Waals surface area contributed by atoms with Crippen LogP contribution in [0.2, 0.25) is 0 Å². The number of carbonyl (C=O) groups excluding carboxylic acids is 1. The highest BCUT2D eigenvalue weighted by Gasteiger charge is 2.36. The van der Waals surface area contributed by atoms with Crippen molar-refractivity contribution in [2.75, 3.05) is 13.1 Å². The molecule has 0 aromatic carbocycles. The summed E-state index contributed by atoms with van der Waals surface area (Å²) in [5.74, 6) is 0.363. The minimum atomic E-state index is -0.140. The van der Waals surface area contributed by atoms with E-state index in [1.807, 2.05) is 19.4 Å². The van der Waals surface area contributed by atoms with Crippen LogP contribution in [-0.4, -0.2) is 34.3 Å². The van der Waals surface area contributed by atoms with E-state index < -0.39 is 0 Å². The molecule has 0 bridgehead atoms. The molecule has 1 aromatic rings. The van der Waals surface area contributed by atoms with Gasteiger partial charge in [-0.05, 0) is 25.8 Å². The zero-order valence-corrected chi connectivity index (χ0v) is 12.2. The number of carbonyl (C=O) groups is 1. The Labute approximate surface area is 114 Å². The van der Waals surface area contributed by atoms with Gasteiger partial charge in [0.05, 0.1) is 12.1 Å². The van der Waals surface area contributed by atoms with E-state index in [1.165, 1.54) is 0 Å². The van der Waals surface area contributed by atoms with Crippen LogP contribution in [0.25, 0.3) is 0 Å². The van der Waals surface area contributed by atoms with Crippen molar-refractivity contribution in [3.05, 3.63) is 18.0 Å². The largest absolute Gasteiger partial charge is 0.351 e. The average molecular weight is 264 g/mol. The maximum Gasteiger partial charge on any atom is 0.225 e. The number of amides is 1. The third-order valence-corrected chi connectivity index (χ3v) is 4.05. The lowest BCUT2D eigenvalue weighted by Gasteiger charge is -2.27. The molecule has 5 heteroatoms. The van der Waals surface area contributed by atoms with Crippen molar-refractivity contribution in [2.24, 2.45) is 13.0 Å². The molecule has 19 heavy (non-hydrogen) atoms. The van der Waals surface area contributed by atoms with E-state index >= 15 is 0 Å². The fraction of sp³-hybridized carbons (Fsp3) is 0.714. The Morgan fingerprint density at radius 1 is 1.58 bits per heavy atom. The van der Waals surface area contributed by atoms with Crippen molar-refractivity contribution in [3.63, 3.8) is 0 Å². The number of hydrogen-bond donors (Lipinski definition) is 2. The highest BCUT2D eigenvalue weighted by atomic mass is 16.2. The van der Waals surface area contributed by atoms with Crippen molar-refractivity contribution < 1.29 is 4.79 Å². The lowest BCUT2D eigenvalue weighted by atomic mass is 9.89. The monoisotopic (exact) mass is 264 g/mol. The maximum atomic E-state index is 12.4. The van der Waals surface area contributed by atoms with Crippen molar-refractivity contribution in [1.29, 1.82) is 0 Å². The van der Waals surface area contributed by atoms with Crippen LogP contribution in [0.3, 0.4) is 0 Å². The molecule has 1 amide bonds. The van der Waals surface area contributed by atoms with Gasteiger partial charge in [0.2, 0.25) is 5.91 Å². The molecule has 1 saturated heterocycles. The quantitative estimate of drug-likeness (QED) is 0.854. The maximum absolute atomic E-state index is 12.4. The molecule has 5 nitrogen and oxygen atoms in total. The van der Waals surface area contributed by atoms with E-state index in [0.717, 1.165) is 25.1 Å². The molecule has 0 aliphatic carbocycles. The molecule has 2 atom stereocenters. The fourth-order valence-corrected chi connectivity index (χ4v) is 2.45. The SMILES string of the molecule is CCC(C)(C)NC(=O)[C@H]1CNC[C@@H]1c1cnn(C)c1. The first-order valence-corrected chi connectivity index (χ1v) is 6.94. The van der Waals surface area contributed by atoms with Gasteiger partial charge in [-0.2, -0.15) is 5.10 Å². The fourth-order valence-electron chi connectivity index (χ4n) is 2.45. The van der Waals surface area contributed by atoms with Crippen LogP contribution in [0.4, 0.5) is 0 Å². The summed E-state index contributed by atoms with van der Waals surface area (Å²) < 4.78 is 1.79. The average Bonchev–Trinajstić information content (AvgIpc) is 2.96. The van der Waals surface area contributed by atoms with Gasteiger partial charge in [-0.3, -0.25) is 9.48 Å². The lowest BCUT2D eigenvalue weighted by molar-refractivity contribution is -0.126. The molecule has 1 aliphatic heterocycles. The number of aromatic nitrogens is 2. The number of hydrogen-bond acceptors (Lipinski definition) is 3. The number of rotatable bonds is 4. The molecule has 2 heterocycles. The summed E-state index contributed by atoms with van der Waals surface area (Å²) in [6.07, 6.45) is 4.79. The Kier molecular flexibility index (Phi) is 3.94. The Morgan fingerprint density at radius 2 is 2.32 bits per heavy atom. The summed E-state index contributed by atoms with van der Waals surface area (Å²) in [5, 5.41) is 10.7. The van der Waals surface area contributed by atoms with Gasteiger partial charge in [0.15, 0.2) is 0 Å². The van der Waals surface area contributed by atoms with Gasteiger partial charge >= 0.3 is 0 Å². The van der Waals surface area contributed by atoms with E-state index in [1.54, 1.807) is 4.68 Å². The summed E-state index contributed by atoms with van der Waals surface area (Å²) in [5.41, 5.74) is 1.00. The molecule has 1 aromatic heterocycles. The van der Waals surface area contributed by atoms with Gasteiger partial charge < -0.3 is 10.6 Å². The molecule has 1 aliphatic rings. The third kappa shape index (κ3) is 3.15. The molecule has 106 valence electrons. The van der Waals surface area contributed by atoms with Crippen LogP contribution in [0, 0.1) is 5.92 Å². The van der Waals surface area contributed by atoms with Gasteiger partial charge in [-0.1, -0.05) is 6.92 Å². The number of nitrogens with zero attached hydrogens (tertiary/aromatic N) is 2. The summed E-state index contributed by atoms with van der Waals surface area (Å²) in [7, 11) is 1.90. The highest BCUT2D eigenvalue weighted by molar-refractivity contribution is 5.81. The second-order valence-electron chi connectivity index (χ2n) is 6.05. The minimum Gasteiger partial charge on any atom is -0.351 e. The van der Waals surface area contributed by atoms with Gasteiger partial charge in [0.1, 0.15) is 0 Å². The first kappa shape index (κ1) is 14.1. The second kappa shape index (κ2) is 5.33. The van der Waals surface area contributed by atoms with Crippen molar-refractivity contribution in [3.8, 4) is 0 Å². The van der Waals surface area contributed by atoms with E-state index in [4.69, 9.17) is 0 Å². The van der Waals surface area contributed by atoms with Crippen molar-refractivity contribution in [2.45, 2.75) is 38.6 Å². The van der Waals surface area contributed by atoms with Gasteiger partial charge in [0.25, 0.3) is 0 Å². The Hall–Kier alpha value is -1.36. The summed E-state index contributed by atoms with van der Waals surface area (Å²) in [4.78, 5) is 12.4. The summed E-state index contributed by atoms with van der Waals surface area (Å²) >= 11 is 0. The van der Waals surface area contributed by atoms with Crippen LogP contribution in [0.5, 0.6) is 0 Å². The third-order valence-electron chi connectivity index (χ3n) is 4.05. The van der Waals surface area contributed by atoms with Crippen LogP contribution in [-0.2, 0) is 11.8 Å². The van der Waals surface area contributed by atoms with Gasteiger partial charge in [0, 0.05) is 37.8 Å². The van der Waals surface area contributed by atoms with E-state index in [0.29, 0.717) is 0 Å². The molecule has 2 N–H and O–H groups in total. The van der Waals surface area contributed by atoms with Gasteiger partial charge in [-0.15, -0.1) is 0 Å². The Balaban J connectivity index is 2.08. The topological polar surface area (TPSA) is 59.0 Å². The molecular formula is C14H24N4O. The van der Waals surface area contributed by atoms with Crippen molar-refractivity contribution in [1.82, 2.24) is 20.4 Å². The minimum absolute atomic E-state index is 0.00461. The van der Waals surface area contributed by atoms with E-state index in [9.17, 15) is 4.79 Å². The predicted octanol–water partition coefficient (Wildman–Crippen LogP) is 1.03. The first-order chi connectivity index (χ1) is 8.93. The lowest BCUT2D eigenvalue weighted by Crippen LogP contribution is -2.47. The summed E-state index contributed by atoms with van der Waals surface area (Å²) in [6.45, 7) is 7.80. The van der Waals surface area contributed by atoms with Crippen LogP contribution < -0.4 is 10.6 Å². The standard InChI is InChI=1S/C14H24N4O/c1-5-14(2,3)17-13(19)12-8-15-7-11(12)10-6-16-18(4)9-10/h6,9,11-12,15H,5,7-8H2,1-4H3,(H,17,19)/t11-,12+/m1/s1. The van der Waals surface area contributed by atoms with Gasteiger partial charge in [-0.25, -0.2) is 0 Å². The van der Waals surface area contributed by atoms with Crippen LogP contribution in [0.1, 0.15) is 38.7 Å². The molecule has 0 spiro atoms. The number of aryl methyl sites for hydroxylation is 1. The zero-order valence-electron chi connectivity index (χ0n) is 12.2. The smallest absolute Gasteiger partial charge is 0.225 e. The molecule has 0 unspecified atom stereocenters. The molecule has 0 saturated carbocycles. The highest BCUT2D eigenvalue weighted by Crippen LogP contribution is 2.28. The normalized spacial score (nSPS) is 23.6. The zero-order chi connectivity index (χ0) is 14.0. The molecule has 2 rings (SSSR count). The summed E-state index contributed by atoms with van der Waals surface area (Å²) in [6, 6.07) is 0. The molecular weight excluding hydrogens is 240 g/mol. The second-order valence-corrected chi connectivity index (χ2v) is 6.05. The molecule has 0 radical (unpaired) electrons. The van der Waals surface area contributed by atoms with Crippen molar-refractivity contribution >= 4 is 5.91 Å². The van der Waals surface area contributed by atoms with Crippen LogP contribution >= 0.6 is 0 Å². The van der Waals surface area contributed by atoms with E-state index in [2.05, 4.69) is 36.5 Å². The Morgan fingerprint density at radius 3 is 2.89 bits per heavy atom. The number of nitrogens with one attached hydrogen (secondary N) is 2. The first-order valence-electron chi connectivity index (χ1n) is 6.94. The van der Waals surface area contributed by atoms with E-state index in [-0.39, 0.29) is 23.3 Å². The van der Waals surface area contributed by atoms with Crippen LogP contribution in [0.15, 0.2) is 12.4 Å².